The maximum Gasteiger partial charge on any atom is 0.164 e. The standard InChI is InChI=1S/C31H32NS.C15H28O2.Ir/c1-19-21(18-30(2,3)4)12-13-24-25-14-15-32-27(29(25)33-28(19)24)22-16-20-10-8-9-11-23(20)26(17-22)31(5,6)7;1-7-14(5,8-2)12(16)11-13(17)15(6,9-3)10-4;/h8-15,17H,18H2,1-7H3;11,16H,7-10H2,1-6H3;/q-1;;/b;12-11-;. The molecule has 51 heavy (non-hydrogen) atoms. The molecule has 0 unspecified atom stereocenters. The summed E-state index contributed by atoms with van der Waals surface area (Å²) in [4.78, 5) is 17.1. The molecule has 1 radical (unpaired) electrons. The van der Waals surface area contributed by atoms with Crippen LogP contribution in [0, 0.1) is 29.2 Å². The predicted molar refractivity (Wildman–Crippen MR) is 219 cm³/mol. The van der Waals surface area contributed by atoms with E-state index in [1.807, 2.05) is 59.1 Å². The number of fused-ring (bicyclic) bond motifs is 4. The predicted octanol–water partition coefficient (Wildman–Crippen LogP) is 13.9. The minimum absolute atomic E-state index is 0. The maximum atomic E-state index is 12.2. The summed E-state index contributed by atoms with van der Waals surface area (Å²) < 4.78 is 2.65. The monoisotopic (exact) mass is 883 g/mol. The third kappa shape index (κ3) is 9.21. The SMILES string of the molecule is CCC(C)(CC)C(=O)/C=C(\O)C(C)(CC)CC.Cc1c(CC(C)(C)C)ccc2c1sc1c(-c3[c-]c4ccccc4c(C(C)(C)C)c3)nccc12.[Ir]. The Morgan fingerprint density at radius 2 is 1.39 bits per heavy atom. The van der Waals surface area contributed by atoms with Crippen LogP contribution in [0.2, 0.25) is 0 Å². The van der Waals surface area contributed by atoms with Crippen molar-refractivity contribution in [1.82, 2.24) is 4.98 Å². The van der Waals surface area contributed by atoms with Crippen molar-refractivity contribution in [3.8, 4) is 11.3 Å². The Balaban J connectivity index is 0.000000335. The Bertz CT molecular complexity index is 2010. The first kappa shape index (κ1) is 42.6. The first-order chi connectivity index (χ1) is 23.3. The number of allylic oxidation sites excluding steroid dienone is 2. The number of carbonyl (C=O) groups excluding carboxylic acids is 1. The van der Waals surface area contributed by atoms with Gasteiger partial charge in [0.2, 0.25) is 0 Å². The summed E-state index contributed by atoms with van der Waals surface area (Å²) in [6.45, 7) is 28.2. The molecule has 0 atom stereocenters. The summed E-state index contributed by atoms with van der Waals surface area (Å²) in [5.74, 6) is 0.286. The van der Waals surface area contributed by atoms with Crippen LogP contribution in [0.1, 0.15) is 125 Å². The molecule has 3 aromatic carbocycles. The van der Waals surface area contributed by atoms with Gasteiger partial charge in [-0.15, -0.1) is 40.5 Å². The minimum atomic E-state index is -0.337. The van der Waals surface area contributed by atoms with E-state index in [2.05, 4.69) is 103 Å². The first-order valence-electron chi connectivity index (χ1n) is 18.5. The zero-order valence-corrected chi connectivity index (χ0v) is 36.6. The van der Waals surface area contributed by atoms with Crippen molar-refractivity contribution in [3.63, 3.8) is 0 Å². The zero-order valence-electron chi connectivity index (χ0n) is 33.4. The number of carbonyl (C=O) groups is 1. The van der Waals surface area contributed by atoms with Gasteiger partial charge >= 0.3 is 0 Å². The number of pyridine rings is 1. The quantitative estimate of drug-likeness (QED) is 0.0911. The summed E-state index contributed by atoms with van der Waals surface area (Å²) in [6, 6.07) is 21.4. The molecule has 5 aromatic rings. The van der Waals surface area contributed by atoms with Crippen molar-refractivity contribution in [2.45, 2.75) is 128 Å². The molecular weight excluding hydrogens is 823 g/mol. The van der Waals surface area contributed by atoms with Crippen molar-refractivity contribution in [1.29, 1.82) is 0 Å². The Morgan fingerprint density at radius 1 is 0.804 bits per heavy atom. The van der Waals surface area contributed by atoms with Crippen LogP contribution in [0.5, 0.6) is 0 Å². The molecule has 0 amide bonds. The van der Waals surface area contributed by atoms with Gasteiger partial charge in [-0.25, -0.2) is 0 Å². The third-order valence-electron chi connectivity index (χ3n) is 11.1. The van der Waals surface area contributed by atoms with Crippen molar-refractivity contribution < 1.29 is 30.0 Å². The molecule has 5 heteroatoms. The smallest absolute Gasteiger partial charge is 0.164 e. The van der Waals surface area contributed by atoms with Gasteiger partial charge in [0.05, 0.1) is 0 Å². The summed E-state index contributed by atoms with van der Waals surface area (Å²) in [7, 11) is 0. The second-order valence-electron chi connectivity index (χ2n) is 16.9. The number of thiophene rings is 1. The molecule has 0 bridgehead atoms. The summed E-state index contributed by atoms with van der Waals surface area (Å²) in [5, 5.41) is 15.2. The first-order valence-corrected chi connectivity index (χ1v) is 19.3. The Labute approximate surface area is 325 Å². The molecule has 1 N–H and O–H groups in total. The molecule has 0 aliphatic rings. The molecule has 0 spiro atoms. The van der Waals surface area contributed by atoms with Crippen molar-refractivity contribution in [3.05, 3.63) is 89.3 Å². The fraction of sp³-hybridized carbons (Fsp3) is 0.478. The summed E-state index contributed by atoms with van der Waals surface area (Å²) in [5.41, 5.74) is 6.03. The van der Waals surface area contributed by atoms with Gasteiger partial charge in [0.1, 0.15) is 5.76 Å². The van der Waals surface area contributed by atoms with Gasteiger partial charge in [-0.3, -0.25) is 9.78 Å². The van der Waals surface area contributed by atoms with Gasteiger partial charge in [-0.1, -0.05) is 124 Å². The Morgan fingerprint density at radius 3 is 1.96 bits per heavy atom. The number of rotatable bonds is 9. The number of benzene rings is 3. The van der Waals surface area contributed by atoms with E-state index in [-0.39, 0.29) is 53.3 Å². The van der Waals surface area contributed by atoms with Gasteiger partial charge in [-0.2, -0.15) is 0 Å². The molecule has 2 aromatic heterocycles. The summed E-state index contributed by atoms with van der Waals surface area (Å²) in [6.07, 6.45) is 7.80. The molecular formula is C46H60IrNO2S-. The van der Waals surface area contributed by atoms with Crippen molar-refractivity contribution in [2.24, 2.45) is 16.2 Å². The zero-order chi connectivity index (χ0) is 37.2. The van der Waals surface area contributed by atoms with E-state index in [1.54, 1.807) is 0 Å². The van der Waals surface area contributed by atoms with E-state index in [9.17, 15) is 9.90 Å². The maximum absolute atomic E-state index is 12.2. The molecule has 3 nitrogen and oxygen atoms in total. The average molecular weight is 883 g/mol. The fourth-order valence-corrected chi connectivity index (χ4v) is 7.88. The van der Waals surface area contributed by atoms with Gasteiger partial charge in [0, 0.05) is 63.7 Å². The van der Waals surface area contributed by atoms with Crippen molar-refractivity contribution >= 4 is 48.1 Å². The molecule has 0 aliphatic heterocycles. The number of aliphatic hydroxyl groups is 1. The van der Waals surface area contributed by atoms with Crippen LogP contribution in [-0.4, -0.2) is 15.9 Å². The van der Waals surface area contributed by atoms with Crippen LogP contribution in [-0.2, 0) is 36.7 Å². The largest absolute Gasteiger partial charge is 0.512 e. The van der Waals surface area contributed by atoms with E-state index >= 15 is 0 Å². The van der Waals surface area contributed by atoms with E-state index in [0.717, 1.165) is 48.7 Å². The number of hydrogen-bond acceptors (Lipinski definition) is 4. The van der Waals surface area contributed by atoms with Crippen LogP contribution in [0.15, 0.2) is 66.6 Å². The molecule has 277 valence electrons. The van der Waals surface area contributed by atoms with Gasteiger partial charge in [-0.05, 0) is 72.4 Å². The topological polar surface area (TPSA) is 50.2 Å². The van der Waals surface area contributed by atoms with Gasteiger partial charge < -0.3 is 5.11 Å². The van der Waals surface area contributed by atoms with E-state index < -0.39 is 0 Å². The van der Waals surface area contributed by atoms with E-state index in [4.69, 9.17) is 4.98 Å². The normalized spacial score (nSPS) is 12.9. The second-order valence-corrected chi connectivity index (χ2v) is 17.9. The van der Waals surface area contributed by atoms with Crippen LogP contribution in [0.25, 0.3) is 42.2 Å². The average Bonchev–Trinajstić information content (AvgIpc) is 3.47. The Kier molecular flexibility index (Phi) is 13.7. The number of nitrogens with zero attached hydrogens (tertiary/aromatic N) is 1. The van der Waals surface area contributed by atoms with Gasteiger partial charge in [0.25, 0.3) is 0 Å². The van der Waals surface area contributed by atoms with E-state index in [1.165, 1.54) is 48.3 Å². The molecule has 5 rings (SSSR count). The van der Waals surface area contributed by atoms with E-state index in [0.29, 0.717) is 0 Å². The molecule has 0 aliphatic carbocycles. The third-order valence-corrected chi connectivity index (χ3v) is 12.4. The fourth-order valence-electron chi connectivity index (χ4n) is 6.56. The number of aliphatic hydroxyl groups excluding tert-OH is 1. The number of hydrogen-bond donors (Lipinski definition) is 1. The molecule has 0 saturated heterocycles. The van der Waals surface area contributed by atoms with Crippen LogP contribution < -0.4 is 0 Å². The van der Waals surface area contributed by atoms with Crippen LogP contribution >= 0.6 is 11.3 Å². The number of aryl methyl sites for hydroxylation is 1. The Hall–Kier alpha value is -2.85. The molecule has 0 saturated carbocycles. The van der Waals surface area contributed by atoms with Crippen molar-refractivity contribution in [2.75, 3.05) is 0 Å². The second kappa shape index (κ2) is 16.4. The van der Waals surface area contributed by atoms with Crippen LogP contribution in [0.3, 0.4) is 0 Å². The molecule has 0 fully saturated rings. The van der Waals surface area contributed by atoms with Gasteiger partial charge in [0.15, 0.2) is 5.78 Å². The summed E-state index contributed by atoms with van der Waals surface area (Å²) >= 11 is 1.89. The minimum Gasteiger partial charge on any atom is -0.512 e. The van der Waals surface area contributed by atoms with Crippen LogP contribution in [0.4, 0.5) is 0 Å². The number of aromatic nitrogens is 1. The molecule has 2 heterocycles. The number of ketones is 1.